The fraction of sp³-hybridized carbons (Fsp3) is 1.00. The highest BCUT2D eigenvalue weighted by Gasteiger charge is 2.07. The number of nitrogens with zero attached hydrogens (tertiary/aromatic N) is 2. The van der Waals surface area contributed by atoms with E-state index in [1.165, 1.54) is 25.9 Å². The Morgan fingerprint density at radius 1 is 0.875 bits per heavy atom. The molecule has 0 fully saturated rings. The zero-order valence-corrected chi connectivity index (χ0v) is 11.7. The molecule has 0 aromatic rings. The van der Waals surface area contributed by atoms with Crippen molar-refractivity contribution >= 4 is 0 Å². The van der Waals surface area contributed by atoms with Crippen LogP contribution in [-0.2, 0) is 0 Å². The summed E-state index contributed by atoms with van der Waals surface area (Å²) in [6.45, 7) is 9.11. The normalized spacial score (nSPS) is 13.7. The van der Waals surface area contributed by atoms with Gasteiger partial charge in [0, 0.05) is 19.1 Å². The molecule has 2 N–H and O–H groups in total. The van der Waals surface area contributed by atoms with Crippen LogP contribution < -0.4 is 5.73 Å². The fourth-order valence-electron chi connectivity index (χ4n) is 1.86. The average Bonchev–Trinajstić information content (AvgIpc) is 2.22. The minimum absolute atomic E-state index is 0.392. The molecule has 0 radical (unpaired) electrons. The van der Waals surface area contributed by atoms with Gasteiger partial charge in [-0.25, -0.2) is 0 Å². The Kier molecular flexibility index (Phi) is 9.99. The highest BCUT2D eigenvalue weighted by Crippen LogP contribution is 2.01. The Balaban J connectivity index is 3.74. The van der Waals surface area contributed by atoms with E-state index in [0.29, 0.717) is 6.04 Å². The first-order chi connectivity index (χ1) is 7.60. The van der Waals surface area contributed by atoms with E-state index in [9.17, 15) is 0 Å². The molecule has 0 aliphatic carbocycles. The van der Waals surface area contributed by atoms with E-state index in [0.717, 1.165) is 25.9 Å². The van der Waals surface area contributed by atoms with Crippen molar-refractivity contribution < 1.29 is 0 Å². The van der Waals surface area contributed by atoms with Crippen LogP contribution in [0.4, 0.5) is 0 Å². The zero-order valence-electron chi connectivity index (χ0n) is 11.7. The van der Waals surface area contributed by atoms with E-state index in [2.05, 4.69) is 37.7 Å². The van der Waals surface area contributed by atoms with E-state index in [1.54, 1.807) is 0 Å². The molecule has 98 valence electrons. The molecule has 0 amide bonds. The van der Waals surface area contributed by atoms with E-state index in [4.69, 9.17) is 5.73 Å². The lowest BCUT2D eigenvalue weighted by atomic mass is 10.1. The second-order valence-electron chi connectivity index (χ2n) is 4.98. The summed E-state index contributed by atoms with van der Waals surface area (Å²) in [6, 6.07) is 0.392. The van der Waals surface area contributed by atoms with Gasteiger partial charge in [0.05, 0.1) is 0 Å². The summed E-state index contributed by atoms with van der Waals surface area (Å²) in [6.07, 6.45) is 4.73. The van der Waals surface area contributed by atoms with Crippen molar-refractivity contribution in [3.8, 4) is 0 Å². The van der Waals surface area contributed by atoms with Gasteiger partial charge in [0.15, 0.2) is 0 Å². The van der Waals surface area contributed by atoms with Gasteiger partial charge in [-0.15, -0.1) is 0 Å². The van der Waals surface area contributed by atoms with Crippen LogP contribution in [0.1, 0.15) is 39.5 Å². The summed E-state index contributed by atoms with van der Waals surface area (Å²) in [5.74, 6) is 0. The summed E-state index contributed by atoms with van der Waals surface area (Å²) < 4.78 is 0. The molecule has 0 aromatic heterocycles. The van der Waals surface area contributed by atoms with Crippen LogP contribution in [0.25, 0.3) is 0 Å². The lowest BCUT2D eigenvalue weighted by Crippen LogP contribution is -2.35. The Morgan fingerprint density at radius 2 is 1.56 bits per heavy atom. The molecular weight excluding hydrogens is 198 g/mol. The highest BCUT2D eigenvalue weighted by atomic mass is 15.2. The molecule has 0 rings (SSSR count). The molecule has 16 heavy (non-hydrogen) atoms. The fourth-order valence-corrected chi connectivity index (χ4v) is 1.86. The maximum Gasteiger partial charge on any atom is 0.0109 e. The van der Waals surface area contributed by atoms with Crippen molar-refractivity contribution in [3.63, 3.8) is 0 Å². The lowest BCUT2D eigenvalue weighted by molar-refractivity contribution is 0.232. The van der Waals surface area contributed by atoms with Crippen LogP contribution in [0.5, 0.6) is 0 Å². The SMILES string of the molecule is CCCC(N)CCN(CCC)CCN(C)C. The maximum atomic E-state index is 6.05. The van der Waals surface area contributed by atoms with Gasteiger partial charge in [-0.05, 0) is 46.4 Å². The Bertz CT molecular complexity index is 148. The Hall–Kier alpha value is -0.120. The molecule has 0 bridgehead atoms. The predicted octanol–water partition coefficient (Wildman–Crippen LogP) is 1.78. The molecule has 0 heterocycles. The first-order valence-corrected chi connectivity index (χ1v) is 6.72. The maximum absolute atomic E-state index is 6.05. The summed E-state index contributed by atoms with van der Waals surface area (Å²) in [7, 11) is 4.26. The van der Waals surface area contributed by atoms with Crippen molar-refractivity contribution in [3.05, 3.63) is 0 Å². The van der Waals surface area contributed by atoms with Gasteiger partial charge >= 0.3 is 0 Å². The highest BCUT2D eigenvalue weighted by molar-refractivity contribution is 4.66. The summed E-state index contributed by atoms with van der Waals surface area (Å²) >= 11 is 0. The van der Waals surface area contributed by atoms with Crippen molar-refractivity contribution in [1.82, 2.24) is 9.80 Å². The van der Waals surface area contributed by atoms with E-state index in [1.807, 2.05) is 0 Å². The van der Waals surface area contributed by atoms with Crippen LogP contribution in [-0.4, -0.2) is 56.1 Å². The van der Waals surface area contributed by atoms with Crippen molar-refractivity contribution in [2.24, 2.45) is 5.73 Å². The third kappa shape index (κ3) is 9.13. The third-order valence-electron chi connectivity index (χ3n) is 2.88. The van der Waals surface area contributed by atoms with Crippen LogP contribution >= 0.6 is 0 Å². The van der Waals surface area contributed by atoms with Crippen molar-refractivity contribution in [2.75, 3.05) is 40.3 Å². The molecule has 3 nitrogen and oxygen atoms in total. The molecule has 0 saturated carbocycles. The molecule has 0 aliphatic rings. The molecule has 0 spiro atoms. The van der Waals surface area contributed by atoms with Gasteiger partial charge in [0.25, 0.3) is 0 Å². The van der Waals surface area contributed by atoms with Crippen molar-refractivity contribution in [1.29, 1.82) is 0 Å². The summed E-state index contributed by atoms with van der Waals surface area (Å²) in [4.78, 5) is 4.78. The minimum Gasteiger partial charge on any atom is -0.328 e. The second-order valence-corrected chi connectivity index (χ2v) is 4.98. The van der Waals surface area contributed by atoms with Gasteiger partial charge in [-0.2, -0.15) is 0 Å². The molecule has 1 atom stereocenters. The van der Waals surface area contributed by atoms with Gasteiger partial charge < -0.3 is 15.5 Å². The van der Waals surface area contributed by atoms with Crippen LogP contribution in [0.3, 0.4) is 0 Å². The molecular formula is C13H31N3. The van der Waals surface area contributed by atoms with Crippen LogP contribution in [0, 0.1) is 0 Å². The Labute approximate surface area is 102 Å². The average molecular weight is 229 g/mol. The summed E-state index contributed by atoms with van der Waals surface area (Å²) in [5.41, 5.74) is 6.05. The number of likely N-dealkylation sites (N-methyl/N-ethyl adjacent to an activating group) is 1. The number of hydrogen-bond acceptors (Lipinski definition) is 3. The number of hydrogen-bond donors (Lipinski definition) is 1. The van der Waals surface area contributed by atoms with E-state index >= 15 is 0 Å². The Morgan fingerprint density at radius 3 is 2.06 bits per heavy atom. The van der Waals surface area contributed by atoms with Crippen LogP contribution in [0.2, 0.25) is 0 Å². The topological polar surface area (TPSA) is 32.5 Å². The standard InChI is InChI=1S/C13H31N3/c1-5-7-13(14)8-10-16(9-6-2)12-11-15(3)4/h13H,5-12,14H2,1-4H3. The first-order valence-electron chi connectivity index (χ1n) is 6.72. The molecule has 0 aromatic carbocycles. The molecule has 0 aliphatic heterocycles. The largest absolute Gasteiger partial charge is 0.328 e. The zero-order chi connectivity index (χ0) is 12.4. The number of rotatable bonds is 10. The molecule has 0 saturated heterocycles. The van der Waals surface area contributed by atoms with Gasteiger partial charge in [0.1, 0.15) is 0 Å². The molecule has 3 heteroatoms. The quantitative estimate of drug-likeness (QED) is 0.620. The minimum atomic E-state index is 0.392. The second kappa shape index (κ2) is 10.1. The van der Waals surface area contributed by atoms with E-state index in [-0.39, 0.29) is 0 Å². The third-order valence-corrected chi connectivity index (χ3v) is 2.88. The van der Waals surface area contributed by atoms with Gasteiger partial charge in [-0.3, -0.25) is 0 Å². The van der Waals surface area contributed by atoms with Gasteiger partial charge in [0.2, 0.25) is 0 Å². The van der Waals surface area contributed by atoms with E-state index < -0.39 is 0 Å². The predicted molar refractivity (Wildman–Crippen MR) is 72.8 cm³/mol. The van der Waals surface area contributed by atoms with Crippen molar-refractivity contribution in [2.45, 2.75) is 45.6 Å². The smallest absolute Gasteiger partial charge is 0.0109 e. The number of nitrogens with two attached hydrogens (primary N) is 1. The summed E-state index contributed by atoms with van der Waals surface area (Å²) in [5, 5.41) is 0. The van der Waals surface area contributed by atoms with Crippen LogP contribution in [0.15, 0.2) is 0 Å². The molecule has 1 unspecified atom stereocenters. The monoisotopic (exact) mass is 229 g/mol. The first kappa shape index (κ1) is 15.9. The van der Waals surface area contributed by atoms with Gasteiger partial charge in [-0.1, -0.05) is 20.3 Å². The lowest BCUT2D eigenvalue weighted by Gasteiger charge is -2.24.